The maximum absolute atomic E-state index is 13.3. The van der Waals surface area contributed by atoms with Crippen molar-refractivity contribution in [1.29, 1.82) is 0 Å². The smallest absolute Gasteiger partial charge is 0.258 e. The van der Waals surface area contributed by atoms with Crippen molar-refractivity contribution in [3.05, 3.63) is 257 Å². The molecule has 1 fully saturated rings. The van der Waals surface area contributed by atoms with Crippen LogP contribution in [0.1, 0.15) is 121 Å². The molecule has 31 heteroatoms. The monoisotopic (exact) mass is 1580 g/mol. The Balaban J connectivity index is 0.000000131. The van der Waals surface area contributed by atoms with Gasteiger partial charge in [-0.3, -0.25) is 39.1 Å². The molecule has 1 saturated carbocycles. The molecule has 12 aromatic rings. The van der Waals surface area contributed by atoms with Gasteiger partial charge in [0.05, 0.1) is 67.1 Å². The van der Waals surface area contributed by atoms with Crippen LogP contribution in [0.5, 0.6) is 40.2 Å². The molecule has 1 aliphatic carbocycles. The highest BCUT2D eigenvalue weighted by molar-refractivity contribution is 8.06. The van der Waals surface area contributed by atoms with Crippen LogP contribution in [0.2, 0.25) is 5.02 Å². The Morgan fingerprint density at radius 1 is 0.500 bits per heavy atom. The van der Waals surface area contributed by atoms with E-state index in [1.54, 1.807) is 91.3 Å². The summed E-state index contributed by atoms with van der Waals surface area (Å²) >= 11 is 5.84. The van der Waals surface area contributed by atoms with Crippen LogP contribution in [0.4, 0.5) is 23.2 Å². The van der Waals surface area contributed by atoms with Crippen molar-refractivity contribution < 1.29 is 89.5 Å². The van der Waals surface area contributed by atoms with E-state index in [-0.39, 0.29) is 114 Å². The number of methoxy groups -OCH3 is 3. The number of sulfonamides is 1. The van der Waals surface area contributed by atoms with E-state index < -0.39 is 32.7 Å². The molecule has 4 aromatic heterocycles. The number of phenolic OH excluding ortho intramolecular Hbond substituents is 4. The number of rotatable bonds is 16. The minimum atomic E-state index is -3.99. The Hall–Kier alpha value is -12.3. The lowest BCUT2D eigenvalue weighted by Gasteiger charge is -2.24. The summed E-state index contributed by atoms with van der Waals surface area (Å²) in [4.78, 5) is 68.4. The lowest BCUT2D eigenvalue weighted by Crippen LogP contribution is -2.32. The first kappa shape index (κ1) is 77.9. The molecule has 4 aliphatic heterocycles. The fraction of sp³-hybridized carbons (Fsp3) is 0.210. The summed E-state index contributed by atoms with van der Waals surface area (Å²) in [6.07, 6.45) is 12.9. The molecular weight excluding hydrogens is 1510 g/mol. The SMILES string of the molecule is COc1c2c(c(O)c3cc(Cc4ccc(F)cc4)cnc13)C(=O)NC2.COc1c2c(c(O)c3ncc(Cc4ccc(F)c(Cl)c4)cc13)C(=O)NC2.COc1c2c(c(O)c3ncc(Cc4ccc(F)cc4)cc13)C(=O)N(CC1CC1)C2.CS(=O)N(c1c2c(c(O)c3ncc(Cc4ccc(F)cc4)cc13)C(=O)NC2)S(C)(=O)=O.O. The lowest BCUT2D eigenvalue weighted by atomic mass is 9.99. The fourth-order valence-electron chi connectivity index (χ4n) is 14.4. The molecule has 1 atom stereocenters. The third kappa shape index (κ3) is 15.3. The molecule has 0 radical (unpaired) electrons. The van der Waals surface area contributed by atoms with Crippen LogP contribution in [0.3, 0.4) is 0 Å². The van der Waals surface area contributed by atoms with Crippen molar-refractivity contribution in [2.45, 2.75) is 64.7 Å². The topological polar surface area (TPSA) is 354 Å². The van der Waals surface area contributed by atoms with Gasteiger partial charge < -0.3 is 61.0 Å². The predicted molar refractivity (Wildman–Crippen MR) is 411 cm³/mol. The minimum absolute atomic E-state index is 0. The van der Waals surface area contributed by atoms with Crippen molar-refractivity contribution >= 4 is 106 Å². The van der Waals surface area contributed by atoms with Gasteiger partial charge in [0.1, 0.15) is 73.6 Å². The summed E-state index contributed by atoms with van der Waals surface area (Å²) in [7, 11) is -1.37. The molecule has 17 rings (SSSR count). The molecular formula is C81H70ClF4N9O15S2. The van der Waals surface area contributed by atoms with Crippen LogP contribution in [-0.2, 0) is 72.9 Å². The number of carbonyl (C=O) groups is 4. The van der Waals surface area contributed by atoms with Crippen LogP contribution >= 0.6 is 11.6 Å². The van der Waals surface area contributed by atoms with Crippen LogP contribution < -0.4 is 33.9 Å². The van der Waals surface area contributed by atoms with Crippen molar-refractivity contribution in [3.63, 3.8) is 0 Å². The van der Waals surface area contributed by atoms with E-state index >= 15 is 0 Å². The average molecular weight is 1590 g/mol. The molecule has 8 aromatic carbocycles. The lowest BCUT2D eigenvalue weighted by molar-refractivity contribution is 0.0767. The maximum Gasteiger partial charge on any atom is 0.258 e. The number of hydrogen-bond donors (Lipinski definition) is 7. The number of nitrogens with zero attached hydrogens (tertiary/aromatic N) is 6. The molecule has 9 N–H and O–H groups in total. The molecule has 576 valence electrons. The number of pyridine rings is 4. The number of benzene rings is 8. The normalized spacial score (nSPS) is 14.0. The summed E-state index contributed by atoms with van der Waals surface area (Å²) < 4.78 is 108. The van der Waals surface area contributed by atoms with E-state index in [4.69, 9.17) is 25.8 Å². The van der Waals surface area contributed by atoms with E-state index in [0.29, 0.717) is 123 Å². The Bertz CT molecular complexity index is 6010. The third-order valence-electron chi connectivity index (χ3n) is 19.6. The fourth-order valence-corrected chi connectivity index (χ4v) is 17.1. The van der Waals surface area contributed by atoms with Gasteiger partial charge >= 0.3 is 0 Å². The van der Waals surface area contributed by atoms with E-state index in [2.05, 4.69) is 35.9 Å². The van der Waals surface area contributed by atoms with E-state index in [1.807, 2.05) is 12.1 Å². The number of nitrogens with one attached hydrogen (secondary N) is 3. The Labute approximate surface area is 644 Å². The standard InChI is InChI=1S/C23H21FN2O3.C20H18FN3O5S2.C19H14ClFN2O3.C19H15FN2O3.H2O/c1-29-22-17-9-15(8-13-4-6-16(24)7-5-13)10-25-20(17)21(27)19-18(22)12-26(23(19)28)11-14-2-3-14;1-30(27)24(31(2,28)29)18-14-8-12(7-11-3-5-13(21)6-4-11)9-22-17(14)19(25)16-15(18)10-23-20(16)26;1-26-18-11-5-10(4-9-2-3-14(21)13(20)6-9)7-22-16(11)17(24)15-12(18)8-23-19(15)25;1-25-18-14-9-22-19(24)15(14)17(23)13-7-11(8-21-16(13)18)6-10-2-4-12(20)5-3-10;/h4-7,9-10,14,27H,2-3,8,11-12H2,1H3;3-6,8-9,25H,7,10H2,1-2H3,(H,23,26);2-3,5-7,24H,4,8H2,1H3,(H,23,25);2-5,7-8,23H,6,9H2,1H3,(H,22,24);1H2. The number of hydrogen-bond acceptors (Lipinski definition) is 18. The zero-order valence-corrected chi connectivity index (χ0v) is 62.8. The van der Waals surface area contributed by atoms with Crippen LogP contribution in [-0.4, -0.2) is 127 Å². The number of aromatic hydroxyl groups is 4. The summed E-state index contributed by atoms with van der Waals surface area (Å²) in [5.74, 6) is -1.29. The van der Waals surface area contributed by atoms with Gasteiger partial charge in [0, 0.05) is 101 Å². The number of carbonyl (C=O) groups excluding carboxylic acids is 4. The second-order valence-electron chi connectivity index (χ2n) is 27.1. The molecule has 5 aliphatic rings. The molecule has 24 nitrogen and oxygen atoms in total. The predicted octanol–water partition coefficient (Wildman–Crippen LogP) is 11.7. The van der Waals surface area contributed by atoms with Gasteiger partial charge in [-0.2, -0.15) is 3.71 Å². The minimum Gasteiger partial charge on any atom is -0.506 e. The Kier molecular flexibility index (Phi) is 22.0. The number of aromatic nitrogens is 4. The number of halogens is 5. The number of amides is 4. The van der Waals surface area contributed by atoms with Crippen molar-refractivity contribution in [1.82, 2.24) is 40.8 Å². The van der Waals surface area contributed by atoms with E-state index in [0.717, 1.165) is 73.9 Å². The maximum atomic E-state index is 13.3. The molecule has 0 spiro atoms. The quantitative estimate of drug-likeness (QED) is 0.0442. The highest BCUT2D eigenvalue weighted by Gasteiger charge is 2.40. The van der Waals surface area contributed by atoms with Gasteiger partial charge in [0.25, 0.3) is 23.6 Å². The summed E-state index contributed by atoms with van der Waals surface area (Å²) in [5.41, 5.74) is 10.9. The second kappa shape index (κ2) is 31.6. The summed E-state index contributed by atoms with van der Waals surface area (Å²) in [5, 5.41) is 52.6. The van der Waals surface area contributed by atoms with Gasteiger partial charge in [0.15, 0.2) is 23.0 Å². The first-order valence-electron chi connectivity index (χ1n) is 34.6. The molecule has 8 heterocycles. The molecule has 1 unspecified atom stereocenters. The zero-order valence-electron chi connectivity index (χ0n) is 60.4. The molecule has 4 amide bonds. The van der Waals surface area contributed by atoms with E-state index in [1.165, 1.54) is 69.1 Å². The summed E-state index contributed by atoms with van der Waals surface area (Å²) in [6, 6.07) is 30.2. The van der Waals surface area contributed by atoms with Gasteiger partial charge in [-0.25, -0.2) is 30.2 Å². The van der Waals surface area contributed by atoms with Crippen molar-refractivity contribution in [2.24, 2.45) is 5.92 Å². The van der Waals surface area contributed by atoms with Crippen LogP contribution in [0.15, 0.2) is 140 Å². The van der Waals surface area contributed by atoms with Crippen LogP contribution in [0, 0.1) is 29.2 Å². The Morgan fingerprint density at radius 2 is 0.875 bits per heavy atom. The van der Waals surface area contributed by atoms with Gasteiger partial charge in [-0.1, -0.05) is 54.1 Å². The first-order valence-corrected chi connectivity index (χ1v) is 38.4. The Morgan fingerprint density at radius 3 is 1.31 bits per heavy atom. The molecule has 0 bridgehead atoms. The van der Waals surface area contributed by atoms with Crippen molar-refractivity contribution in [2.75, 3.05) is 44.1 Å². The van der Waals surface area contributed by atoms with Crippen LogP contribution in [0.25, 0.3) is 43.6 Å². The van der Waals surface area contributed by atoms with E-state index in [9.17, 15) is 69.8 Å². The van der Waals surface area contributed by atoms with Gasteiger partial charge in [-0.05, 0) is 162 Å². The largest absolute Gasteiger partial charge is 0.506 e. The highest BCUT2D eigenvalue weighted by Crippen LogP contribution is 2.48. The van der Waals surface area contributed by atoms with Gasteiger partial charge in [0.2, 0.25) is 10.0 Å². The molecule has 0 saturated heterocycles. The zero-order chi connectivity index (χ0) is 78.6. The van der Waals surface area contributed by atoms with Gasteiger partial charge in [-0.15, -0.1) is 0 Å². The number of phenols is 4. The third-order valence-corrected chi connectivity index (χ3v) is 22.8. The summed E-state index contributed by atoms with van der Waals surface area (Å²) in [6.45, 7) is 1.73. The second-order valence-corrected chi connectivity index (χ2v) is 30.8. The highest BCUT2D eigenvalue weighted by atomic mass is 35.5. The average Bonchev–Trinajstić information content (AvgIpc) is 1.53. The number of fused-ring (bicyclic) bond motifs is 8. The molecule has 112 heavy (non-hydrogen) atoms. The number of ether oxygens (including phenoxy) is 3. The van der Waals surface area contributed by atoms with Crippen molar-refractivity contribution in [3.8, 4) is 40.2 Å². The number of anilines is 1. The first-order chi connectivity index (χ1) is 53.2.